The van der Waals surface area contributed by atoms with Crippen LogP contribution in [0.5, 0.6) is 0 Å². The number of benzene rings is 2. The lowest BCUT2D eigenvalue weighted by atomic mass is 9.95. The van der Waals surface area contributed by atoms with Crippen LogP contribution in [-0.2, 0) is 16.0 Å². The largest absolute Gasteiger partial charge is 0.481 e. The molecule has 0 radical (unpaired) electrons. The second-order valence-electron chi connectivity index (χ2n) is 7.80. The van der Waals surface area contributed by atoms with Crippen molar-refractivity contribution in [3.8, 4) is 0 Å². The Hall–Kier alpha value is -3.42. The highest BCUT2D eigenvalue weighted by atomic mass is 19.1. The Labute approximate surface area is 178 Å². The first kappa shape index (κ1) is 20.8. The van der Waals surface area contributed by atoms with Crippen molar-refractivity contribution >= 4 is 29.0 Å². The number of rotatable bonds is 7. The fourth-order valence-corrected chi connectivity index (χ4v) is 3.87. The number of oxazole rings is 1. The Morgan fingerprint density at radius 3 is 2.58 bits per heavy atom. The quantitative estimate of drug-likeness (QED) is 0.603. The zero-order chi connectivity index (χ0) is 21.8. The van der Waals surface area contributed by atoms with Crippen molar-refractivity contribution in [2.75, 3.05) is 24.5 Å². The number of fused-ring (bicyclic) bond motifs is 1. The summed E-state index contributed by atoms with van der Waals surface area (Å²) in [6.45, 7) is 1.22. The van der Waals surface area contributed by atoms with Gasteiger partial charge in [0.15, 0.2) is 5.58 Å². The first-order chi connectivity index (χ1) is 15.0. The molecule has 1 saturated heterocycles. The van der Waals surface area contributed by atoms with E-state index >= 15 is 0 Å². The number of carboxylic acid groups (broad SMARTS) is 1. The Morgan fingerprint density at radius 2 is 1.87 bits per heavy atom. The number of anilines is 1. The maximum atomic E-state index is 13.8. The normalized spacial score (nSPS) is 15.7. The summed E-state index contributed by atoms with van der Waals surface area (Å²) in [4.78, 5) is 30.7. The number of carboxylic acids is 1. The molecule has 2 aromatic carbocycles. The molecule has 7 nitrogen and oxygen atoms in total. The second kappa shape index (κ2) is 9.16. The van der Waals surface area contributed by atoms with Crippen LogP contribution in [0.25, 0.3) is 11.1 Å². The van der Waals surface area contributed by atoms with Gasteiger partial charge in [0.1, 0.15) is 11.3 Å². The van der Waals surface area contributed by atoms with E-state index in [1.54, 1.807) is 18.2 Å². The van der Waals surface area contributed by atoms with E-state index in [1.807, 2.05) is 29.2 Å². The molecule has 0 bridgehead atoms. The van der Waals surface area contributed by atoms with Gasteiger partial charge in [0.05, 0.1) is 5.92 Å². The third-order valence-corrected chi connectivity index (χ3v) is 5.71. The molecule has 0 saturated carbocycles. The summed E-state index contributed by atoms with van der Waals surface area (Å²) in [7, 11) is 0. The van der Waals surface area contributed by atoms with Gasteiger partial charge in [-0.1, -0.05) is 30.3 Å². The molecule has 2 heterocycles. The summed E-state index contributed by atoms with van der Waals surface area (Å²) in [5, 5.41) is 12.2. The second-order valence-corrected chi connectivity index (χ2v) is 7.80. The van der Waals surface area contributed by atoms with E-state index < -0.39 is 17.7 Å². The standard InChI is InChI=1S/C23H24FN3O4/c24-18-6-2-1-5-16(18)13-17(22(29)30)14-25-21(28)15-9-11-27(12-10-15)23-26-19-7-3-4-8-20(19)31-23/h1-8,15,17H,9-14H2,(H,25,28)(H,29,30)/t17-/m1/s1. The van der Waals surface area contributed by atoms with Gasteiger partial charge in [-0.15, -0.1) is 0 Å². The number of nitrogens with zero attached hydrogens (tertiary/aromatic N) is 2. The number of carbonyl (C=O) groups excluding carboxylic acids is 1. The number of hydrogen-bond acceptors (Lipinski definition) is 5. The summed E-state index contributed by atoms with van der Waals surface area (Å²) in [5.74, 6) is -2.76. The monoisotopic (exact) mass is 425 g/mol. The number of aliphatic carboxylic acids is 1. The molecule has 162 valence electrons. The van der Waals surface area contributed by atoms with E-state index in [9.17, 15) is 19.1 Å². The fourth-order valence-electron chi connectivity index (χ4n) is 3.87. The van der Waals surface area contributed by atoms with Gasteiger partial charge in [-0.3, -0.25) is 9.59 Å². The lowest BCUT2D eigenvalue weighted by Crippen LogP contribution is -2.43. The topological polar surface area (TPSA) is 95.7 Å². The highest BCUT2D eigenvalue weighted by Gasteiger charge is 2.28. The van der Waals surface area contributed by atoms with Crippen LogP contribution in [0.15, 0.2) is 52.9 Å². The first-order valence-electron chi connectivity index (χ1n) is 10.4. The lowest BCUT2D eigenvalue weighted by Gasteiger charge is -2.30. The molecule has 1 amide bonds. The highest BCUT2D eigenvalue weighted by Crippen LogP contribution is 2.26. The molecule has 8 heteroatoms. The molecular weight excluding hydrogens is 401 g/mol. The van der Waals surface area contributed by atoms with E-state index in [-0.39, 0.29) is 24.8 Å². The Bertz CT molecular complexity index is 1040. The summed E-state index contributed by atoms with van der Waals surface area (Å²) < 4.78 is 19.6. The first-order valence-corrected chi connectivity index (χ1v) is 10.4. The molecule has 1 atom stereocenters. The molecule has 3 aromatic rings. The number of para-hydroxylation sites is 2. The van der Waals surface area contributed by atoms with Crippen molar-refractivity contribution in [1.82, 2.24) is 10.3 Å². The summed E-state index contributed by atoms with van der Waals surface area (Å²) in [5.41, 5.74) is 1.86. The Kier molecular flexibility index (Phi) is 6.16. The van der Waals surface area contributed by atoms with Gasteiger partial charge in [-0.05, 0) is 43.0 Å². The van der Waals surface area contributed by atoms with Crippen molar-refractivity contribution in [2.24, 2.45) is 11.8 Å². The minimum Gasteiger partial charge on any atom is -0.481 e. The molecule has 1 aliphatic rings. The van der Waals surface area contributed by atoms with Gasteiger partial charge >= 0.3 is 5.97 Å². The van der Waals surface area contributed by atoms with Crippen molar-refractivity contribution in [1.29, 1.82) is 0 Å². The van der Waals surface area contributed by atoms with Crippen LogP contribution in [0.1, 0.15) is 18.4 Å². The summed E-state index contributed by atoms with van der Waals surface area (Å²) in [6.07, 6.45) is 1.27. The van der Waals surface area contributed by atoms with E-state index in [4.69, 9.17) is 4.42 Å². The lowest BCUT2D eigenvalue weighted by molar-refractivity contribution is -0.141. The smallest absolute Gasteiger partial charge is 0.308 e. The third kappa shape index (κ3) is 4.84. The van der Waals surface area contributed by atoms with Gasteiger partial charge in [-0.25, -0.2) is 4.39 Å². The van der Waals surface area contributed by atoms with E-state index in [0.29, 0.717) is 37.5 Å². The zero-order valence-electron chi connectivity index (χ0n) is 17.0. The minimum atomic E-state index is -1.06. The average molecular weight is 425 g/mol. The van der Waals surface area contributed by atoms with Gasteiger partial charge in [0, 0.05) is 25.6 Å². The van der Waals surface area contributed by atoms with Crippen LogP contribution in [0.3, 0.4) is 0 Å². The molecule has 0 spiro atoms. The number of halogens is 1. The number of aromatic nitrogens is 1. The maximum Gasteiger partial charge on any atom is 0.308 e. The molecular formula is C23H24FN3O4. The Balaban J connectivity index is 1.30. The number of carbonyl (C=O) groups is 2. The van der Waals surface area contributed by atoms with Crippen LogP contribution in [0.2, 0.25) is 0 Å². The highest BCUT2D eigenvalue weighted by molar-refractivity contribution is 5.80. The van der Waals surface area contributed by atoms with Crippen molar-refractivity contribution in [2.45, 2.75) is 19.3 Å². The van der Waals surface area contributed by atoms with Crippen LogP contribution in [0, 0.1) is 17.7 Å². The van der Waals surface area contributed by atoms with E-state index in [2.05, 4.69) is 10.3 Å². The average Bonchev–Trinajstić information content (AvgIpc) is 3.22. The number of piperidine rings is 1. The maximum absolute atomic E-state index is 13.8. The number of nitrogens with one attached hydrogen (secondary N) is 1. The van der Waals surface area contributed by atoms with Crippen molar-refractivity contribution < 1.29 is 23.5 Å². The van der Waals surface area contributed by atoms with Gasteiger partial charge in [0.25, 0.3) is 6.01 Å². The van der Waals surface area contributed by atoms with Crippen molar-refractivity contribution in [3.63, 3.8) is 0 Å². The summed E-state index contributed by atoms with van der Waals surface area (Å²) >= 11 is 0. The van der Waals surface area contributed by atoms with Gasteiger partial charge in [0.2, 0.25) is 5.91 Å². The predicted octanol–water partition coefficient (Wildman–Crippen LogP) is 3.24. The van der Waals surface area contributed by atoms with Crippen molar-refractivity contribution in [3.05, 3.63) is 59.9 Å². The fraction of sp³-hybridized carbons (Fsp3) is 0.348. The summed E-state index contributed by atoms with van der Waals surface area (Å²) in [6, 6.07) is 14.2. The molecule has 2 N–H and O–H groups in total. The molecule has 1 aromatic heterocycles. The predicted molar refractivity (Wildman–Crippen MR) is 113 cm³/mol. The van der Waals surface area contributed by atoms with Crippen LogP contribution < -0.4 is 10.2 Å². The minimum absolute atomic E-state index is 0.0262. The van der Waals surface area contributed by atoms with Crippen LogP contribution >= 0.6 is 0 Å². The van der Waals surface area contributed by atoms with E-state index in [1.165, 1.54) is 6.07 Å². The Morgan fingerprint density at radius 1 is 1.16 bits per heavy atom. The zero-order valence-corrected chi connectivity index (χ0v) is 17.0. The number of hydrogen-bond donors (Lipinski definition) is 2. The van der Waals surface area contributed by atoms with E-state index in [0.717, 1.165) is 11.1 Å². The van der Waals surface area contributed by atoms with Gasteiger partial charge < -0.3 is 19.7 Å². The third-order valence-electron chi connectivity index (χ3n) is 5.71. The van der Waals surface area contributed by atoms with Gasteiger partial charge in [-0.2, -0.15) is 4.98 Å². The molecule has 0 unspecified atom stereocenters. The molecule has 1 aliphatic heterocycles. The molecule has 31 heavy (non-hydrogen) atoms. The van der Waals surface area contributed by atoms with Crippen LogP contribution in [-0.4, -0.2) is 41.6 Å². The molecule has 0 aliphatic carbocycles. The van der Waals surface area contributed by atoms with Crippen LogP contribution in [0.4, 0.5) is 10.4 Å². The molecule has 1 fully saturated rings. The molecule has 4 rings (SSSR count). The SMILES string of the molecule is O=C(NC[C@@H](Cc1ccccc1F)C(=O)O)C1CCN(c2nc3ccccc3o2)CC1. The number of amides is 1.